The van der Waals surface area contributed by atoms with Gasteiger partial charge in [0.25, 0.3) is 0 Å². The molecule has 0 aliphatic carbocycles. The van der Waals surface area contributed by atoms with Crippen LogP contribution in [0.5, 0.6) is 0 Å². The molecular formula is C8H8O5. The van der Waals surface area contributed by atoms with Crippen molar-refractivity contribution in [2.75, 3.05) is 0 Å². The van der Waals surface area contributed by atoms with Crippen molar-refractivity contribution >= 4 is 11.9 Å². The summed E-state index contributed by atoms with van der Waals surface area (Å²) >= 11 is 0. The number of hydrogen-bond acceptors (Lipinski definition) is 5. The fourth-order valence-electron chi connectivity index (χ4n) is 0.685. The zero-order chi connectivity index (χ0) is 9.84. The van der Waals surface area contributed by atoms with E-state index < -0.39 is 11.9 Å². The quantitative estimate of drug-likeness (QED) is 0.355. The van der Waals surface area contributed by atoms with E-state index in [4.69, 9.17) is 4.74 Å². The number of rotatable bonds is 2. The van der Waals surface area contributed by atoms with E-state index in [0.717, 1.165) is 6.08 Å². The third-order valence-corrected chi connectivity index (χ3v) is 1.27. The van der Waals surface area contributed by atoms with Crippen molar-refractivity contribution in [3.05, 3.63) is 24.5 Å². The Morgan fingerprint density at radius 3 is 2.69 bits per heavy atom. The third kappa shape index (κ3) is 2.33. The lowest BCUT2D eigenvalue weighted by molar-refractivity contribution is -0.254. The molecule has 0 N–H and O–H groups in total. The fourth-order valence-corrected chi connectivity index (χ4v) is 0.685. The maximum atomic E-state index is 10.9. The predicted octanol–water partition coefficient (Wildman–Crippen LogP) is 0.476. The van der Waals surface area contributed by atoms with Crippen LogP contribution >= 0.6 is 0 Å². The molecule has 5 heteroatoms. The van der Waals surface area contributed by atoms with Gasteiger partial charge in [0.1, 0.15) is 6.10 Å². The minimum atomic E-state index is -0.832. The van der Waals surface area contributed by atoms with Crippen molar-refractivity contribution in [1.82, 2.24) is 0 Å². The second kappa shape index (κ2) is 3.75. The minimum absolute atomic E-state index is 0.0457. The monoisotopic (exact) mass is 184 g/mol. The largest absolute Gasteiger partial charge is 0.479 e. The van der Waals surface area contributed by atoms with Gasteiger partial charge in [-0.1, -0.05) is 6.58 Å². The molecule has 1 aliphatic heterocycles. The highest BCUT2D eigenvalue weighted by molar-refractivity contribution is 5.88. The van der Waals surface area contributed by atoms with Gasteiger partial charge in [0.05, 0.1) is 0 Å². The standard InChI is InChI=1S/C8H8O5/c1-3-7(9)12-13-8(10)6-4-5(2)11-6/h3-5H,1H2,2H3. The number of carbonyl (C=O) groups excluding carboxylic acids is 2. The molecule has 0 aromatic heterocycles. The summed E-state index contributed by atoms with van der Waals surface area (Å²) in [6, 6.07) is 0. The Hall–Kier alpha value is -1.78. The maximum Gasteiger partial charge on any atom is 0.420 e. The zero-order valence-corrected chi connectivity index (χ0v) is 6.98. The highest BCUT2D eigenvalue weighted by Crippen LogP contribution is 2.17. The van der Waals surface area contributed by atoms with Gasteiger partial charge in [0, 0.05) is 12.2 Å². The molecule has 0 spiro atoms. The smallest absolute Gasteiger partial charge is 0.420 e. The molecule has 0 saturated heterocycles. The maximum absolute atomic E-state index is 10.9. The van der Waals surface area contributed by atoms with Gasteiger partial charge in [0.15, 0.2) is 0 Å². The van der Waals surface area contributed by atoms with Crippen molar-refractivity contribution in [3.63, 3.8) is 0 Å². The van der Waals surface area contributed by atoms with Crippen molar-refractivity contribution in [1.29, 1.82) is 0 Å². The van der Waals surface area contributed by atoms with Crippen LogP contribution in [-0.2, 0) is 24.1 Å². The first-order valence-corrected chi connectivity index (χ1v) is 3.57. The summed E-state index contributed by atoms with van der Waals surface area (Å²) in [5.41, 5.74) is 0. The van der Waals surface area contributed by atoms with E-state index in [1.165, 1.54) is 0 Å². The van der Waals surface area contributed by atoms with E-state index in [0.29, 0.717) is 0 Å². The SMILES string of the molecule is C=CC(=O)OOC(=O)C1=CC(C)O1. The van der Waals surface area contributed by atoms with Crippen LogP contribution in [0.1, 0.15) is 6.92 Å². The van der Waals surface area contributed by atoms with Crippen molar-refractivity contribution in [2.24, 2.45) is 0 Å². The molecule has 0 radical (unpaired) electrons. The van der Waals surface area contributed by atoms with Gasteiger partial charge in [-0.05, 0) is 6.92 Å². The second-order valence-electron chi connectivity index (χ2n) is 2.33. The fraction of sp³-hybridized carbons (Fsp3) is 0.250. The van der Waals surface area contributed by atoms with Gasteiger partial charge in [-0.2, -0.15) is 0 Å². The summed E-state index contributed by atoms with van der Waals surface area (Å²) in [7, 11) is 0. The molecule has 0 saturated carbocycles. The molecule has 1 heterocycles. The van der Waals surface area contributed by atoms with Crippen molar-refractivity contribution < 1.29 is 24.1 Å². The van der Waals surface area contributed by atoms with Crippen LogP contribution in [0.25, 0.3) is 0 Å². The van der Waals surface area contributed by atoms with Gasteiger partial charge in [-0.25, -0.2) is 19.4 Å². The van der Waals surface area contributed by atoms with Gasteiger partial charge in [0.2, 0.25) is 5.76 Å². The highest BCUT2D eigenvalue weighted by atomic mass is 17.2. The minimum Gasteiger partial charge on any atom is -0.479 e. The lowest BCUT2D eigenvalue weighted by Crippen LogP contribution is -2.24. The van der Waals surface area contributed by atoms with E-state index in [2.05, 4.69) is 16.4 Å². The molecule has 1 aliphatic rings. The van der Waals surface area contributed by atoms with Crippen molar-refractivity contribution in [2.45, 2.75) is 13.0 Å². The highest BCUT2D eigenvalue weighted by Gasteiger charge is 2.25. The van der Waals surface area contributed by atoms with E-state index in [1.807, 2.05) is 0 Å². The summed E-state index contributed by atoms with van der Waals surface area (Å²) in [6.45, 7) is 4.87. The summed E-state index contributed by atoms with van der Waals surface area (Å²) in [6.07, 6.45) is 2.33. The molecule has 0 aromatic carbocycles. The van der Waals surface area contributed by atoms with Crippen molar-refractivity contribution in [3.8, 4) is 0 Å². The Morgan fingerprint density at radius 2 is 2.23 bits per heavy atom. The molecule has 5 nitrogen and oxygen atoms in total. The molecular weight excluding hydrogens is 176 g/mol. The van der Waals surface area contributed by atoms with Crippen LogP contribution in [0, 0.1) is 0 Å². The molecule has 1 unspecified atom stereocenters. The van der Waals surface area contributed by atoms with E-state index in [1.54, 1.807) is 13.0 Å². The lowest BCUT2D eigenvalue weighted by Gasteiger charge is -2.20. The van der Waals surface area contributed by atoms with Crippen LogP contribution in [0.3, 0.4) is 0 Å². The lowest BCUT2D eigenvalue weighted by atomic mass is 10.2. The van der Waals surface area contributed by atoms with Crippen LogP contribution in [0.4, 0.5) is 0 Å². The molecule has 13 heavy (non-hydrogen) atoms. The summed E-state index contributed by atoms with van der Waals surface area (Å²) < 4.78 is 4.84. The Kier molecular flexibility index (Phi) is 2.69. The molecule has 1 rings (SSSR count). The number of carbonyl (C=O) groups is 2. The van der Waals surface area contributed by atoms with Gasteiger partial charge < -0.3 is 4.74 Å². The number of hydrogen-bond donors (Lipinski definition) is 0. The van der Waals surface area contributed by atoms with E-state index in [-0.39, 0.29) is 11.9 Å². The molecule has 0 bridgehead atoms. The Bertz CT molecular complexity index is 278. The molecule has 70 valence electrons. The summed E-state index contributed by atoms with van der Waals surface area (Å²) in [5, 5.41) is 0. The molecule has 0 aromatic rings. The van der Waals surface area contributed by atoms with Gasteiger partial charge >= 0.3 is 11.9 Å². The predicted molar refractivity (Wildman–Crippen MR) is 41.0 cm³/mol. The first-order valence-electron chi connectivity index (χ1n) is 3.57. The summed E-state index contributed by atoms with van der Waals surface area (Å²) in [4.78, 5) is 29.4. The molecule has 1 atom stereocenters. The molecule has 0 fully saturated rings. The normalized spacial score (nSPS) is 18.8. The van der Waals surface area contributed by atoms with E-state index in [9.17, 15) is 9.59 Å². The average Bonchev–Trinajstić information content (AvgIpc) is 2.08. The third-order valence-electron chi connectivity index (χ3n) is 1.27. The van der Waals surface area contributed by atoms with Crippen LogP contribution in [0.2, 0.25) is 0 Å². The Balaban J connectivity index is 2.31. The first kappa shape index (κ1) is 9.31. The average molecular weight is 184 g/mol. The Morgan fingerprint density at radius 1 is 1.62 bits per heavy atom. The zero-order valence-electron chi connectivity index (χ0n) is 6.98. The van der Waals surface area contributed by atoms with Gasteiger partial charge in [-0.3, -0.25) is 0 Å². The number of ether oxygens (including phenoxy) is 1. The molecule has 0 amide bonds. The van der Waals surface area contributed by atoms with Crippen LogP contribution in [0.15, 0.2) is 24.5 Å². The topological polar surface area (TPSA) is 61.8 Å². The van der Waals surface area contributed by atoms with Gasteiger partial charge in [-0.15, -0.1) is 0 Å². The van der Waals surface area contributed by atoms with E-state index >= 15 is 0 Å². The van der Waals surface area contributed by atoms with Crippen LogP contribution < -0.4 is 0 Å². The second-order valence-corrected chi connectivity index (χ2v) is 2.33. The Labute approximate surface area is 74.5 Å². The van der Waals surface area contributed by atoms with Crippen LogP contribution in [-0.4, -0.2) is 18.0 Å². The first-order chi connectivity index (χ1) is 6.13. The summed E-state index contributed by atoms with van der Waals surface area (Å²) in [5.74, 6) is -1.61.